The van der Waals surface area contributed by atoms with Gasteiger partial charge in [-0.3, -0.25) is 9.59 Å². The summed E-state index contributed by atoms with van der Waals surface area (Å²) in [6.07, 6.45) is 1.60. The summed E-state index contributed by atoms with van der Waals surface area (Å²) in [5.41, 5.74) is 2.58. The smallest absolute Gasteiger partial charge is 0.329 e. The number of carbonyl (C=O) groups is 3. The Kier molecular flexibility index (Phi) is 5.97. The minimum absolute atomic E-state index is 0.136. The molecule has 1 fully saturated rings. The maximum Gasteiger partial charge on any atom is 0.329 e. The highest BCUT2D eigenvalue weighted by molar-refractivity contribution is 6.16. The molecular weight excluding hydrogens is 370 g/mol. The zero-order valence-electron chi connectivity index (χ0n) is 16.6. The van der Waals surface area contributed by atoms with Crippen LogP contribution in [0.5, 0.6) is 5.75 Å². The van der Waals surface area contributed by atoms with Gasteiger partial charge in [-0.2, -0.15) is 0 Å². The summed E-state index contributed by atoms with van der Waals surface area (Å²) in [6.45, 7) is 3.80. The highest BCUT2D eigenvalue weighted by Crippen LogP contribution is 2.23. The van der Waals surface area contributed by atoms with Crippen molar-refractivity contribution in [1.29, 1.82) is 0 Å². The van der Waals surface area contributed by atoms with Crippen LogP contribution >= 0.6 is 0 Å². The molecule has 0 spiro atoms. The van der Waals surface area contributed by atoms with Crippen LogP contribution in [0, 0.1) is 0 Å². The number of benzene rings is 2. The lowest BCUT2D eigenvalue weighted by Gasteiger charge is -2.13. The van der Waals surface area contributed by atoms with E-state index in [4.69, 9.17) is 4.74 Å². The van der Waals surface area contributed by atoms with E-state index in [1.807, 2.05) is 24.3 Å². The second kappa shape index (κ2) is 8.60. The molecule has 0 radical (unpaired) electrons. The molecule has 2 aromatic rings. The molecule has 1 heterocycles. The van der Waals surface area contributed by atoms with E-state index in [0.717, 1.165) is 10.5 Å². The van der Waals surface area contributed by atoms with Gasteiger partial charge in [0.15, 0.2) is 0 Å². The lowest BCUT2D eigenvalue weighted by atomic mass is 10.0. The molecule has 0 bridgehead atoms. The van der Waals surface area contributed by atoms with Gasteiger partial charge in [-0.25, -0.2) is 9.69 Å². The summed E-state index contributed by atoms with van der Waals surface area (Å²) in [5, 5.41) is 5.18. The van der Waals surface area contributed by atoms with Crippen LogP contribution in [0.1, 0.15) is 30.9 Å². The monoisotopic (exact) mass is 393 g/mol. The average Bonchev–Trinajstić information content (AvgIpc) is 2.96. The van der Waals surface area contributed by atoms with Crippen molar-refractivity contribution in [2.75, 3.05) is 19.0 Å². The van der Waals surface area contributed by atoms with Crippen molar-refractivity contribution in [2.45, 2.75) is 19.8 Å². The first-order valence-corrected chi connectivity index (χ1v) is 9.26. The number of hydrogen-bond donors (Lipinski definition) is 2. The molecule has 4 amide bonds. The van der Waals surface area contributed by atoms with Gasteiger partial charge in [0.05, 0.1) is 12.8 Å². The van der Waals surface area contributed by atoms with Crippen LogP contribution in [0.15, 0.2) is 54.2 Å². The van der Waals surface area contributed by atoms with Crippen molar-refractivity contribution >= 4 is 29.6 Å². The fraction of sp³-hybridized carbons (Fsp3) is 0.227. The lowest BCUT2D eigenvalue weighted by molar-refractivity contribution is -0.127. The maximum absolute atomic E-state index is 12.6. The van der Waals surface area contributed by atoms with Crippen molar-refractivity contribution in [3.63, 3.8) is 0 Å². The van der Waals surface area contributed by atoms with Crippen LogP contribution in [0.25, 0.3) is 6.08 Å². The SMILES string of the molecule is COc1ccccc1NC(=O)CN1C(=O)N/C(=C/c2ccc(C(C)C)cc2)C1=O. The predicted octanol–water partition coefficient (Wildman–Crippen LogP) is 3.35. The van der Waals surface area contributed by atoms with Gasteiger partial charge in [-0.1, -0.05) is 50.2 Å². The number of urea groups is 1. The van der Waals surface area contributed by atoms with E-state index in [9.17, 15) is 14.4 Å². The first-order chi connectivity index (χ1) is 13.9. The minimum Gasteiger partial charge on any atom is -0.495 e. The molecular formula is C22H23N3O4. The molecule has 7 heteroatoms. The molecule has 29 heavy (non-hydrogen) atoms. The number of para-hydroxylation sites is 2. The van der Waals surface area contributed by atoms with Crippen LogP contribution in [0.2, 0.25) is 0 Å². The van der Waals surface area contributed by atoms with E-state index in [1.54, 1.807) is 30.3 Å². The third-order valence-electron chi connectivity index (χ3n) is 4.56. The van der Waals surface area contributed by atoms with Crippen LogP contribution < -0.4 is 15.4 Å². The lowest BCUT2D eigenvalue weighted by Crippen LogP contribution is -2.38. The quantitative estimate of drug-likeness (QED) is 0.582. The number of nitrogens with zero attached hydrogens (tertiary/aromatic N) is 1. The van der Waals surface area contributed by atoms with Gasteiger partial charge in [0.25, 0.3) is 5.91 Å². The van der Waals surface area contributed by atoms with Crippen molar-refractivity contribution in [1.82, 2.24) is 10.2 Å². The summed E-state index contributed by atoms with van der Waals surface area (Å²) in [6, 6.07) is 14.0. The fourth-order valence-electron chi connectivity index (χ4n) is 2.94. The number of nitrogens with one attached hydrogen (secondary N) is 2. The number of imide groups is 1. The first kappa shape index (κ1) is 20.1. The maximum atomic E-state index is 12.6. The number of amides is 4. The molecule has 0 atom stereocenters. The van der Waals surface area contributed by atoms with Crippen LogP contribution in [-0.2, 0) is 9.59 Å². The summed E-state index contributed by atoms with van der Waals surface area (Å²) in [7, 11) is 1.49. The molecule has 150 valence electrons. The van der Waals surface area contributed by atoms with Gasteiger partial charge in [0, 0.05) is 0 Å². The Morgan fingerprint density at radius 3 is 2.48 bits per heavy atom. The Labute approximate surface area is 169 Å². The standard InChI is InChI=1S/C22H23N3O4/c1-14(2)16-10-8-15(9-11-16)12-18-21(27)25(22(28)24-18)13-20(26)23-17-6-4-5-7-19(17)29-3/h4-12,14H,13H2,1-3H3,(H,23,26)(H,24,28)/b18-12+. The molecule has 0 aliphatic carbocycles. The van der Waals surface area contributed by atoms with Gasteiger partial charge in [0.1, 0.15) is 18.0 Å². The zero-order valence-corrected chi connectivity index (χ0v) is 16.6. The summed E-state index contributed by atoms with van der Waals surface area (Å²) < 4.78 is 5.18. The number of ether oxygens (including phenoxy) is 1. The molecule has 7 nitrogen and oxygen atoms in total. The van der Waals surface area contributed by atoms with E-state index in [-0.39, 0.29) is 5.70 Å². The molecule has 0 aromatic heterocycles. The molecule has 2 N–H and O–H groups in total. The normalized spacial score (nSPS) is 15.0. The summed E-state index contributed by atoms with van der Waals surface area (Å²) in [4.78, 5) is 38.0. The number of hydrogen-bond acceptors (Lipinski definition) is 4. The third kappa shape index (κ3) is 4.63. The van der Waals surface area contributed by atoms with Gasteiger partial charge in [-0.15, -0.1) is 0 Å². The zero-order chi connectivity index (χ0) is 21.0. The van der Waals surface area contributed by atoms with Gasteiger partial charge < -0.3 is 15.4 Å². The molecule has 1 aliphatic heterocycles. The van der Waals surface area contributed by atoms with E-state index >= 15 is 0 Å². The van der Waals surface area contributed by atoms with Crippen LogP contribution in [-0.4, -0.2) is 36.4 Å². The van der Waals surface area contributed by atoms with Gasteiger partial charge in [-0.05, 0) is 35.3 Å². The second-order valence-electron chi connectivity index (χ2n) is 6.95. The Balaban J connectivity index is 1.69. The summed E-state index contributed by atoms with van der Waals surface area (Å²) in [5.74, 6) is -0.149. The molecule has 0 saturated carbocycles. The molecule has 2 aromatic carbocycles. The van der Waals surface area contributed by atoms with Crippen molar-refractivity contribution in [3.8, 4) is 5.75 Å². The van der Waals surface area contributed by atoms with E-state index in [2.05, 4.69) is 24.5 Å². The minimum atomic E-state index is -0.629. The van der Waals surface area contributed by atoms with E-state index in [0.29, 0.717) is 17.4 Å². The van der Waals surface area contributed by atoms with Crippen molar-refractivity contribution in [3.05, 3.63) is 65.4 Å². The number of rotatable bonds is 6. The highest BCUT2D eigenvalue weighted by atomic mass is 16.5. The van der Waals surface area contributed by atoms with Crippen LogP contribution in [0.3, 0.4) is 0 Å². The number of carbonyl (C=O) groups excluding carboxylic acids is 3. The Bertz CT molecular complexity index is 964. The third-order valence-corrected chi connectivity index (χ3v) is 4.56. The first-order valence-electron chi connectivity index (χ1n) is 9.26. The Morgan fingerprint density at radius 2 is 1.83 bits per heavy atom. The molecule has 0 unspecified atom stereocenters. The number of anilines is 1. The molecule has 1 saturated heterocycles. The molecule has 1 aliphatic rings. The Hall–Kier alpha value is -3.61. The van der Waals surface area contributed by atoms with Crippen LogP contribution in [0.4, 0.5) is 10.5 Å². The van der Waals surface area contributed by atoms with Gasteiger partial charge >= 0.3 is 6.03 Å². The van der Waals surface area contributed by atoms with E-state index in [1.165, 1.54) is 12.7 Å². The molecule has 3 rings (SSSR count). The second-order valence-corrected chi connectivity index (χ2v) is 6.95. The fourth-order valence-corrected chi connectivity index (χ4v) is 2.94. The average molecular weight is 393 g/mol. The largest absolute Gasteiger partial charge is 0.495 e. The van der Waals surface area contributed by atoms with E-state index < -0.39 is 24.4 Å². The predicted molar refractivity (Wildman–Crippen MR) is 110 cm³/mol. The van der Waals surface area contributed by atoms with Crippen molar-refractivity contribution in [2.24, 2.45) is 0 Å². The topological polar surface area (TPSA) is 87.7 Å². The summed E-state index contributed by atoms with van der Waals surface area (Å²) >= 11 is 0. The van der Waals surface area contributed by atoms with Gasteiger partial charge in [0.2, 0.25) is 5.91 Å². The highest BCUT2D eigenvalue weighted by Gasteiger charge is 2.35. The Morgan fingerprint density at radius 1 is 1.14 bits per heavy atom. The van der Waals surface area contributed by atoms with Crippen molar-refractivity contribution < 1.29 is 19.1 Å². The number of methoxy groups -OCH3 is 1.